The van der Waals surface area contributed by atoms with E-state index in [9.17, 15) is 41.2 Å². The molecule has 1 aromatic heterocycles. The van der Waals surface area contributed by atoms with E-state index in [-0.39, 0.29) is 63.4 Å². The summed E-state index contributed by atoms with van der Waals surface area (Å²) in [7, 11) is 0. The average Bonchev–Trinajstić information content (AvgIpc) is 3.42. The van der Waals surface area contributed by atoms with E-state index in [1.54, 1.807) is 6.07 Å². The van der Waals surface area contributed by atoms with Crippen LogP contribution in [0.15, 0.2) is 48.7 Å². The molecule has 0 radical (unpaired) electrons. The minimum Gasteiger partial charge on any atom is -0.327 e. The third-order valence-corrected chi connectivity index (χ3v) is 7.61. The number of carbonyl (C=O) groups is 2. The van der Waals surface area contributed by atoms with Crippen molar-refractivity contribution >= 4 is 34.9 Å². The maximum absolute atomic E-state index is 14.4. The van der Waals surface area contributed by atoms with Gasteiger partial charge in [-0.15, -0.1) is 0 Å². The zero-order chi connectivity index (χ0) is 31.5. The van der Waals surface area contributed by atoms with Crippen LogP contribution in [0.5, 0.6) is 0 Å². The molecule has 0 saturated carbocycles. The maximum Gasteiger partial charge on any atom is 0.416 e. The first-order chi connectivity index (χ1) is 20.8. The average molecular weight is 629 g/mol. The number of amides is 3. The number of alkyl halides is 3. The second-order valence-electron chi connectivity index (χ2n) is 9.86. The molecule has 6 rings (SSSR count). The zero-order valence-corrected chi connectivity index (χ0v) is 22.6. The number of halogens is 7. The summed E-state index contributed by atoms with van der Waals surface area (Å²) < 4.78 is 82.6. The van der Waals surface area contributed by atoms with E-state index < -0.39 is 53.0 Å². The van der Waals surface area contributed by atoms with Crippen LogP contribution in [-0.2, 0) is 12.6 Å². The third kappa shape index (κ3) is 4.94. The van der Waals surface area contributed by atoms with Gasteiger partial charge in [-0.25, -0.2) is 18.6 Å². The van der Waals surface area contributed by atoms with E-state index in [4.69, 9.17) is 11.6 Å². The highest BCUT2D eigenvalue weighted by Gasteiger charge is 2.41. The lowest BCUT2D eigenvalue weighted by molar-refractivity contribution is -0.137. The number of carbonyl (C=O) groups excluding carboxylic acids is 2. The summed E-state index contributed by atoms with van der Waals surface area (Å²) in [5.74, 6) is -3.16. The van der Waals surface area contributed by atoms with Gasteiger partial charge in [0.05, 0.1) is 17.3 Å². The third-order valence-electron chi connectivity index (χ3n) is 7.26. The van der Waals surface area contributed by atoms with Crippen LogP contribution in [0.25, 0.3) is 11.1 Å². The molecule has 8 nitrogen and oxygen atoms in total. The molecule has 2 aliphatic rings. The Bertz CT molecular complexity index is 1940. The number of hydrogen-bond donors (Lipinski definition) is 2. The summed E-state index contributed by atoms with van der Waals surface area (Å²) in [6.07, 6.45) is -4.87. The molecule has 0 aliphatic carbocycles. The monoisotopic (exact) mass is 628 g/mol. The van der Waals surface area contributed by atoms with Crippen LogP contribution in [0.4, 0.5) is 42.5 Å². The fourth-order valence-corrected chi connectivity index (χ4v) is 5.65. The first kappa shape index (κ1) is 28.9. The minimum atomic E-state index is -4.95. The number of nitriles is 1. The van der Waals surface area contributed by atoms with Crippen molar-refractivity contribution in [1.29, 1.82) is 5.26 Å². The lowest BCUT2D eigenvalue weighted by Crippen LogP contribution is -2.46. The molecule has 44 heavy (non-hydrogen) atoms. The lowest BCUT2D eigenvalue weighted by Gasteiger charge is -2.35. The standard InChI is InChI=1S/C29H15ClF6N6O2/c30-20-2-1-14(31)8-18(20)24-23-21(39-26(43)12-5-13(29(34,35)36)7-15(32)6-12)9-17(19-11-38-27(33)40-22(19)10-37)16-3-4-42(25(16)23)28(44)41-24/h1-2,5-9,11,24H,3-4H2,(H,39,43)(H,41,44). The van der Waals surface area contributed by atoms with Crippen LogP contribution in [0, 0.1) is 29.0 Å². The highest BCUT2D eigenvalue weighted by molar-refractivity contribution is 6.31. The van der Waals surface area contributed by atoms with E-state index in [2.05, 4.69) is 20.6 Å². The Balaban J connectivity index is 1.60. The van der Waals surface area contributed by atoms with Crippen LogP contribution in [0.2, 0.25) is 5.02 Å². The predicted molar refractivity (Wildman–Crippen MR) is 144 cm³/mol. The van der Waals surface area contributed by atoms with Crippen molar-refractivity contribution in [3.8, 4) is 17.2 Å². The van der Waals surface area contributed by atoms with Gasteiger partial charge < -0.3 is 10.6 Å². The van der Waals surface area contributed by atoms with E-state index in [0.717, 1.165) is 18.3 Å². The quantitative estimate of drug-likeness (QED) is 0.197. The maximum atomic E-state index is 14.4. The Morgan fingerprint density at radius 1 is 1.09 bits per heavy atom. The Hall–Kier alpha value is -5.16. The van der Waals surface area contributed by atoms with Gasteiger partial charge in [0.1, 0.15) is 17.7 Å². The van der Waals surface area contributed by atoms with Gasteiger partial charge in [-0.05, 0) is 60.0 Å². The van der Waals surface area contributed by atoms with Crippen molar-refractivity contribution in [2.45, 2.75) is 18.6 Å². The first-order valence-corrected chi connectivity index (χ1v) is 13.1. The number of rotatable bonds is 4. The summed E-state index contributed by atoms with van der Waals surface area (Å²) in [5.41, 5.74) is -1.28. The first-order valence-electron chi connectivity index (χ1n) is 12.7. The van der Waals surface area contributed by atoms with Gasteiger partial charge in [-0.1, -0.05) is 11.6 Å². The van der Waals surface area contributed by atoms with E-state index in [0.29, 0.717) is 17.7 Å². The SMILES string of the molecule is N#Cc1nc(F)ncc1-c1cc(NC(=O)c2cc(F)cc(C(F)(F)F)c2)c2c3c1CCN3C(=O)NC2c1cc(F)ccc1Cl. The minimum absolute atomic E-state index is 0.0421. The fraction of sp³-hybridized carbons (Fsp3) is 0.138. The Morgan fingerprint density at radius 2 is 1.86 bits per heavy atom. The summed E-state index contributed by atoms with van der Waals surface area (Å²) in [4.78, 5) is 35.0. The van der Waals surface area contributed by atoms with Crippen LogP contribution >= 0.6 is 11.6 Å². The van der Waals surface area contributed by atoms with Crippen LogP contribution in [-0.4, -0.2) is 28.5 Å². The predicted octanol–water partition coefficient (Wildman–Crippen LogP) is 6.53. The van der Waals surface area contributed by atoms with Crippen molar-refractivity contribution in [1.82, 2.24) is 15.3 Å². The molecular formula is C29H15ClF6N6O2. The van der Waals surface area contributed by atoms with Crippen molar-refractivity contribution in [3.05, 3.63) is 105 Å². The van der Waals surface area contributed by atoms with Crippen molar-refractivity contribution in [2.75, 3.05) is 16.8 Å². The molecule has 2 aliphatic heterocycles. The number of hydrogen-bond acceptors (Lipinski definition) is 5. The Labute approximate surface area is 248 Å². The zero-order valence-electron chi connectivity index (χ0n) is 21.9. The summed E-state index contributed by atoms with van der Waals surface area (Å²) in [6.45, 7) is 0.130. The van der Waals surface area contributed by atoms with Gasteiger partial charge in [0.2, 0.25) is 0 Å². The molecule has 1 atom stereocenters. The second-order valence-corrected chi connectivity index (χ2v) is 10.3. The van der Waals surface area contributed by atoms with Gasteiger partial charge in [0.25, 0.3) is 5.91 Å². The summed E-state index contributed by atoms with van der Waals surface area (Å²) in [5, 5.41) is 14.9. The van der Waals surface area contributed by atoms with E-state index >= 15 is 0 Å². The largest absolute Gasteiger partial charge is 0.416 e. The van der Waals surface area contributed by atoms with Gasteiger partial charge in [-0.3, -0.25) is 9.69 Å². The molecule has 0 saturated heterocycles. The second kappa shape index (κ2) is 10.5. The topological polar surface area (TPSA) is 111 Å². The van der Waals surface area contributed by atoms with Crippen molar-refractivity contribution in [3.63, 3.8) is 0 Å². The number of nitrogens with zero attached hydrogens (tertiary/aromatic N) is 4. The molecule has 222 valence electrons. The highest BCUT2D eigenvalue weighted by atomic mass is 35.5. The van der Waals surface area contributed by atoms with Gasteiger partial charge in [-0.2, -0.15) is 27.8 Å². The molecule has 3 heterocycles. The van der Waals surface area contributed by atoms with Crippen LogP contribution < -0.4 is 15.5 Å². The molecule has 3 aromatic carbocycles. The molecule has 15 heteroatoms. The number of urea groups is 1. The van der Waals surface area contributed by atoms with Crippen molar-refractivity contribution < 1.29 is 35.9 Å². The molecule has 2 N–H and O–H groups in total. The summed E-state index contributed by atoms with van der Waals surface area (Å²) in [6, 6.07) is 6.10. The van der Waals surface area contributed by atoms with Gasteiger partial charge in [0, 0.05) is 45.7 Å². The fourth-order valence-electron chi connectivity index (χ4n) is 5.43. The Morgan fingerprint density at radius 3 is 2.59 bits per heavy atom. The number of nitrogens with one attached hydrogen (secondary N) is 2. The molecule has 3 amide bonds. The number of anilines is 2. The Kier molecular flexibility index (Phi) is 6.92. The van der Waals surface area contributed by atoms with Gasteiger partial charge >= 0.3 is 18.3 Å². The van der Waals surface area contributed by atoms with E-state index in [1.807, 2.05) is 0 Å². The smallest absolute Gasteiger partial charge is 0.327 e. The molecule has 0 fully saturated rings. The molecule has 0 spiro atoms. The van der Waals surface area contributed by atoms with Crippen LogP contribution in [0.3, 0.4) is 0 Å². The number of benzene rings is 3. The van der Waals surface area contributed by atoms with Crippen molar-refractivity contribution in [2.24, 2.45) is 0 Å². The van der Waals surface area contributed by atoms with E-state index in [1.165, 1.54) is 17.0 Å². The van der Waals surface area contributed by atoms with Crippen LogP contribution in [0.1, 0.15) is 44.3 Å². The highest BCUT2D eigenvalue weighted by Crippen LogP contribution is 2.50. The lowest BCUT2D eigenvalue weighted by atomic mass is 9.87. The summed E-state index contributed by atoms with van der Waals surface area (Å²) >= 11 is 6.39. The molecule has 1 unspecified atom stereocenters. The molecule has 0 bridgehead atoms. The normalized spacial score (nSPS) is 15.5. The number of aromatic nitrogens is 2. The molecular weight excluding hydrogens is 614 g/mol. The van der Waals surface area contributed by atoms with Gasteiger partial charge in [0.15, 0.2) is 5.69 Å². The molecule has 4 aromatic rings.